The average molecular weight is 498 g/mol. The lowest BCUT2D eigenvalue weighted by Gasteiger charge is -2.34. The van der Waals surface area contributed by atoms with Crippen molar-refractivity contribution in [1.29, 1.82) is 0 Å². The van der Waals surface area contributed by atoms with Gasteiger partial charge in [0.25, 0.3) is 5.91 Å². The van der Waals surface area contributed by atoms with E-state index in [0.29, 0.717) is 71.7 Å². The molecule has 0 spiro atoms. The first-order chi connectivity index (χ1) is 17.1. The van der Waals surface area contributed by atoms with E-state index >= 15 is 0 Å². The van der Waals surface area contributed by atoms with Gasteiger partial charge in [-0.05, 0) is 30.3 Å². The van der Waals surface area contributed by atoms with Gasteiger partial charge in [0, 0.05) is 35.9 Å². The number of rotatable bonds is 6. The number of aromatic nitrogens is 2. The molecule has 1 fully saturated rings. The standard InChI is InChI=1S/C24H24ClN5O5/c1-32-19-11-17-18(12-20(19)33-2)26-21(13-29-7-9-34-10-8-29)30(24(17)31)14-22-27-28-23(35-22)15-3-5-16(25)6-4-15/h3-6,11-13,26H,7-10,14H2,1-2H3. The lowest BCUT2D eigenvalue weighted by molar-refractivity contribution is 0.0573. The number of nitrogens with one attached hydrogen (secondary N) is 1. The van der Waals surface area contributed by atoms with E-state index in [0.717, 1.165) is 5.56 Å². The quantitative estimate of drug-likeness (QED) is 0.547. The summed E-state index contributed by atoms with van der Waals surface area (Å²) in [5, 5.41) is 12.3. The lowest BCUT2D eigenvalue weighted by Crippen LogP contribution is -2.40. The first-order valence-corrected chi connectivity index (χ1v) is 11.4. The highest BCUT2D eigenvalue weighted by Crippen LogP contribution is 2.38. The van der Waals surface area contributed by atoms with Crippen LogP contribution in [0.3, 0.4) is 0 Å². The summed E-state index contributed by atoms with van der Waals surface area (Å²) in [5.74, 6) is 1.98. The molecule has 3 heterocycles. The molecule has 5 rings (SSSR count). The molecule has 2 aromatic carbocycles. The number of carbonyl (C=O) groups is 1. The van der Waals surface area contributed by atoms with Crippen LogP contribution in [0, 0.1) is 0 Å². The number of ether oxygens (including phenoxy) is 3. The number of methoxy groups -OCH3 is 2. The maximum atomic E-state index is 13.7. The van der Waals surface area contributed by atoms with E-state index in [9.17, 15) is 4.79 Å². The van der Waals surface area contributed by atoms with Crippen molar-refractivity contribution in [2.45, 2.75) is 6.54 Å². The SMILES string of the molecule is COc1cc2c(cc1OC)C(=O)N(Cc1nnc(-c3ccc(Cl)cc3)o1)C(=CN1CCOCC1)N2. The van der Waals surface area contributed by atoms with Gasteiger partial charge in [-0.3, -0.25) is 9.69 Å². The fourth-order valence-corrected chi connectivity index (χ4v) is 4.05. The normalized spacial score (nSPS) is 16.8. The van der Waals surface area contributed by atoms with Crippen LogP contribution in [0.1, 0.15) is 16.2 Å². The minimum absolute atomic E-state index is 0.0797. The molecule has 0 aliphatic carbocycles. The molecule has 35 heavy (non-hydrogen) atoms. The Bertz CT molecular complexity index is 1250. The second-order valence-electron chi connectivity index (χ2n) is 7.94. The van der Waals surface area contributed by atoms with E-state index in [-0.39, 0.29) is 12.5 Å². The zero-order valence-electron chi connectivity index (χ0n) is 19.3. The van der Waals surface area contributed by atoms with E-state index in [4.69, 9.17) is 30.2 Å². The Hall–Kier alpha value is -3.76. The molecule has 0 radical (unpaired) electrons. The zero-order valence-corrected chi connectivity index (χ0v) is 20.0. The highest BCUT2D eigenvalue weighted by Gasteiger charge is 2.32. The largest absolute Gasteiger partial charge is 0.493 e. The zero-order chi connectivity index (χ0) is 24.4. The van der Waals surface area contributed by atoms with E-state index in [2.05, 4.69) is 20.4 Å². The third-order valence-electron chi connectivity index (χ3n) is 5.75. The fraction of sp³-hybridized carbons (Fsp3) is 0.292. The molecule has 3 aromatic rings. The smallest absolute Gasteiger partial charge is 0.262 e. The number of amides is 1. The third-order valence-corrected chi connectivity index (χ3v) is 6.01. The maximum Gasteiger partial charge on any atom is 0.262 e. The van der Waals surface area contributed by atoms with Crippen LogP contribution in [0.4, 0.5) is 5.69 Å². The lowest BCUT2D eigenvalue weighted by atomic mass is 10.1. The molecule has 1 N–H and O–H groups in total. The van der Waals surface area contributed by atoms with E-state index in [1.54, 1.807) is 48.4 Å². The number of fused-ring (bicyclic) bond motifs is 1. The van der Waals surface area contributed by atoms with Crippen molar-refractivity contribution in [3.05, 3.63) is 64.9 Å². The molecule has 1 amide bonds. The molecule has 182 valence electrons. The van der Waals surface area contributed by atoms with Crippen LogP contribution >= 0.6 is 11.6 Å². The number of morpholine rings is 1. The van der Waals surface area contributed by atoms with Gasteiger partial charge in [0.2, 0.25) is 11.8 Å². The number of hydrogen-bond acceptors (Lipinski definition) is 9. The number of carbonyl (C=O) groups excluding carboxylic acids is 1. The first-order valence-electron chi connectivity index (χ1n) is 11.0. The molecule has 11 heteroatoms. The molecule has 0 saturated carbocycles. The Morgan fingerprint density at radius 1 is 1.09 bits per heavy atom. The molecule has 1 saturated heterocycles. The summed E-state index contributed by atoms with van der Waals surface area (Å²) in [6, 6.07) is 10.5. The molecule has 0 unspecified atom stereocenters. The van der Waals surface area contributed by atoms with Crippen LogP contribution in [0.5, 0.6) is 11.5 Å². The minimum atomic E-state index is -0.231. The van der Waals surface area contributed by atoms with E-state index in [1.165, 1.54) is 7.11 Å². The number of nitrogens with zero attached hydrogens (tertiary/aromatic N) is 4. The van der Waals surface area contributed by atoms with Gasteiger partial charge in [0.1, 0.15) is 12.4 Å². The Labute approximate surface area is 207 Å². The summed E-state index contributed by atoms with van der Waals surface area (Å²) in [7, 11) is 3.09. The van der Waals surface area contributed by atoms with Crippen molar-refractivity contribution in [1.82, 2.24) is 20.0 Å². The topological polar surface area (TPSA) is 102 Å². The van der Waals surface area contributed by atoms with Gasteiger partial charge in [0.15, 0.2) is 11.5 Å². The highest BCUT2D eigenvalue weighted by atomic mass is 35.5. The van der Waals surface area contributed by atoms with Gasteiger partial charge in [-0.1, -0.05) is 11.6 Å². The van der Waals surface area contributed by atoms with Crippen LogP contribution in [0.2, 0.25) is 5.02 Å². The summed E-state index contributed by atoms with van der Waals surface area (Å²) in [6.45, 7) is 2.75. The molecule has 10 nitrogen and oxygen atoms in total. The van der Waals surface area contributed by atoms with Crippen LogP contribution < -0.4 is 14.8 Å². The van der Waals surface area contributed by atoms with Crippen LogP contribution in [0.15, 0.2) is 52.8 Å². The second-order valence-corrected chi connectivity index (χ2v) is 8.38. The molecular weight excluding hydrogens is 474 g/mol. The highest BCUT2D eigenvalue weighted by molar-refractivity contribution is 6.30. The van der Waals surface area contributed by atoms with Crippen LogP contribution in [-0.4, -0.2) is 66.4 Å². The van der Waals surface area contributed by atoms with Crippen molar-refractivity contribution in [3.63, 3.8) is 0 Å². The van der Waals surface area contributed by atoms with Gasteiger partial charge in [-0.25, -0.2) is 0 Å². The van der Waals surface area contributed by atoms with Crippen molar-refractivity contribution >= 4 is 23.2 Å². The van der Waals surface area contributed by atoms with Gasteiger partial charge < -0.3 is 28.8 Å². The Morgan fingerprint density at radius 3 is 2.51 bits per heavy atom. The molecule has 0 bridgehead atoms. The summed E-state index contributed by atoms with van der Waals surface area (Å²) in [6.07, 6.45) is 1.91. The Morgan fingerprint density at radius 2 is 1.80 bits per heavy atom. The van der Waals surface area contributed by atoms with Crippen LogP contribution in [0.25, 0.3) is 11.5 Å². The molecule has 1 aromatic heterocycles. The summed E-state index contributed by atoms with van der Waals surface area (Å²) < 4.78 is 22.2. The number of halogens is 1. The summed E-state index contributed by atoms with van der Waals surface area (Å²) in [4.78, 5) is 17.3. The molecule has 2 aliphatic rings. The molecule has 0 atom stereocenters. The summed E-state index contributed by atoms with van der Waals surface area (Å²) >= 11 is 5.97. The predicted molar refractivity (Wildman–Crippen MR) is 128 cm³/mol. The fourth-order valence-electron chi connectivity index (χ4n) is 3.92. The van der Waals surface area contributed by atoms with Gasteiger partial charge in [0.05, 0.1) is 38.7 Å². The third kappa shape index (κ3) is 4.75. The second kappa shape index (κ2) is 9.85. The number of hydrogen-bond donors (Lipinski definition) is 1. The average Bonchev–Trinajstić information content (AvgIpc) is 3.35. The number of benzene rings is 2. The van der Waals surface area contributed by atoms with Gasteiger partial charge in [-0.15, -0.1) is 10.2 Å². The Balaban J connectivity index is 1.48. The van der Waals surface area contributed by atoms with Crippen molar-refractivity contribution in [2.75, 3.05) is 45.8 Å². The summed E-state index contributed by atoms with van der Waals surface area (Å²) in [5.41, 5.74) is 1.80. The monoisotopic (exact) mass is 497 g/mol. The van der Waals surface area contributed by atoms with Crippen molar-refractivity contribution < 1.29 is 23.4 Å². The predicted octanol–water partition coefficient (Wildman–Crippen LogP) is 3.61. The van der Waals surface area contributed by atoms with E-state index < -0.39 is 0 Å². The van der Waals surface area contributed by atoms with Crippen LogP contribution in [-0.2, 0) is 11.3 Å². The first kappa shape index (κ1) is 23.0. The van der Waals surface area contributed by atoms with E-state index in [1.807, 2.05) is 6.20 Å². The molecule has 2 aliphatic heterocycles. The number of anilines is 1. The Kier molecular flexibility index (Phi) is 6.47. The van der Waals surface area contributed by atoms with Crippen molar-refractivity contribution in [2.24, 2.45) is 0 Å². The molecular formula is C24H24ClN5O5. The minimum Gasteiger partial charge on any atom is -0.493 e. The van der Waals surface area contributed by atoms with Gasteiger partial charge >= 0.3 is 0 Å². The van der Waals surface area contributed by atoms with Crippen molar-refractivity contribution in [3.8, 4) is 23.0 Å². The maximum absolute atomic E-state index is 13.7. The van der Waals surface area contributed by atoms with Gasteiger partial charge in [-0.2, -0.15) is 0 Å².